The quantitative estimate of drug-likeness (QED) is 0.545. The molecule has 0 saturated carbocycles. The van der Waals surface area contributed by atoms with Gasteiger partial charge in [0.1, 0.15) is 17.1 Å². The molecule has 2 heterocycles. The number of phenols is 1. The lowest BCUT2D eigenvalue weighted by atomic mass is 10.3. The van der Waals surface area contributed by atoms with Crippen LogP contribution in [0.25, 0.3) is 5.65 Å². The first-order valence-electron chi connectivity index (χ1n) is 7.56. The lowest BCUT2D eigenvalue weighted by molar-refractivity contribution is 0.0521. The number of hydrogen-bond donors (Lipinski definition) is 1. The van der Waals surface area contributed by atoms with Gasteiger partial charge in [0.15, 0.2) is 11.5 Å². The molecule has 0 aliphatic rings. The molecule has 0 fully saturated rings. The first kappa shape index (κ1) is 16.9. The van der Waals surface area contributed by atoms with Gasteiger partial charge in [0, 0.05) is 11.2 Å². The zero-order valence-corrected chi connectivity index (χ0v) is 14.4. The highest BCUT2D eigenvalue weighted by molar-refractivity contribution is 6.30. The van der Waals surface area contributed by atoms with Gasteiger partial charge in [-0.2, -0.15) is 0 Å². The molecule has 3 rings (SSSR count). The van der Waals surface area contributed by atoms with Crippen LogP contribution < -0.4 is 0 Å². The number of pyridine rings is 1. The van der Waals surface area contributed by atoms with Crippen molar-refractivity contribution in [1.82, 2.24) is 9.38 Å². The first-order valence-corrected chi connectivity index (χ1v) is 7.94. The smallest absolute Gasteiger partial charge is 0.360 e. The molecule has 3 aromatic rings. The van der Waals surface area contributed by atoms with Gasteiger partial charge in [-0.05, 0) is 43.7 Å². The predicted molar refractivity (Wildman–Crippen MR) is 93.2 cm³/mol. The second-order valence-electron chi connectivity index (χ2n) is 5.22. The van der Waals surface area contributed by atoms with Gasteiger partial charge < -0.3 is 9.84 Å². The van der Waals surface area contributed by atoms with Crippen molar-refractivity contribution < 1.29 is 14.6 Å². The molecule has 1 aromatic carbocycles. The standard InChI is InChI=1S/C17H15ClN4O3/c1-3-25-17(24)14-16(22-8-4-5-10(2)15(22)19-14)21-20-12-9-11(18)6-7-13(12)23/h4-9,23H,3H2,1-2H3. The van der Waals surface area contributed by atoms with E-state index in [1.54, 1.807) is 17.5 Å². The van der Waals surface area contributed by atoms with Crippen LogP contribution in [0.4, 0.5) is 11.5 Å². The third-order valence-corrected chi connectivity index (χ3v) is 3.71. The molecule has 8 heteroatoms. The monoisotopic (exact) mass is 358 g/mol. The average Bonchev–Trinajstić information content (AvgIpc) is 2.96. The van der Waals surface area contributed by atoms with Crippen molar-refractivity contribution in [2.45, 2.75) is 13.8 Å². The zero-order valence-electron chi connectivity index (χ0n) is 13.6. The molecule has 0 aliphatic heterocycles. The maximum Gasteiger partial charge on any atom is 0.360 e. The molecule has 0 atom stereocenters. The van der Waals surface area contributed by atoms with Gasteiger partial charge >= 0.3 is 5.97 Å². The maximum atomic E-state index is 12.2. The van der Waals surface area contributed by atoms with E-state index in [0.717, 1.165) is 5.56 Å². The van der Waals surface area contributed by atoms with Gasteiger partial charge in [-0.3, -0.25) is 4.40 Å². The molecule has 0 unspecified atom stereocenters. The Morgan fingerprint density at radius 2 is 2.16 bits per heavy atom. The van der Waals surface area contributed by atoms with E-state index in [4.69, 9.17) is 16.3 Å². The fraction of sp³-hybridized carbons (Fsp3) is 0.176. The van der Waals surface area contributed by atoms with E-state index < -0.39 is 5.97 Å². The fourth-order valence-electron chi connectivity index (χ4n) is 2.30. The number of halogens is 1. The Hall–Kier alpha value is -2.93. The topological polar surface area (TPSA) is 88.5 Å². The molecule has 1 N–H and O–H groups in total. The Morgan fingerprint density at radius 1 is 1.36 bits per heavy atom. The minimum Gasteiger partial charge on any atom is -0.506 e. The van der Waals surface area contributed by atoms with E-state index in [0.29, 0.717) is 10.7 Å². The van der Waals surface area contributed by atoms with Gasteiger partial charge in [-0.1, -0.05) is 17.7 Å². The summed E-state index contributed by atoms with van der Waals surface area (Å²) in [6.07, 6.45) is 1.73. The van der Waals surface area contributed by atoms with Crippen LogP contribution in [-0.4, -0.2) is 27.1 Å². The van der Waals surface area contributed by atoms with E-state index in [1.807, 2.05) is 19.1 Å². The molecule has 0 radical (unpaired) electrons. The fourth-order valence-corrected chi connectivity index (χ4v) is 2.47. The number of azo groups is 1. The number of aryl methyl sites for hydroxylation is 1. The Balaban J connectivity index is 2.14. The van der Waals surface area contributed by atoms with E-state index in [9.17, 15) is 9.90 Å². The normalized spacial score (nSPS) is 11.3. The second-order valence-corrected chi connectivity index (χ2v) is 5.66. The van der Waals surface area contributed by atoms with Gasteiger partial charge in [0.2, 0.25) is 0 Å². The molecule has 0 amide bonds. The molecule has 128 valence electrons. The molecular formula is C17H15ClN4O3. The molecular weight excluding hydrogens is 344 g/mol. The first-order chi connectivity index (χ1) is 12.0. The van der Waals surface area contributed by atoms with Crippen molar-refractivity contribution in [2.24, 2.45) is 10.2 Å². The highest BCUT2D eigenvalue weighted by Crippen LogP contribution is 2.32. The number of nitrogens with zero attached hydrogens (tertiary/aromatic N) is 4. The second kappa shape index (κ2) is 6.90. The van der Waals surface area contributed by atoms with Crippen LogP contribution >= 0.6 is 11.6 Å². The van der Waals surface area contributed by atoms with Crippen LogP contribution in [0.1, 0.15) is 23.0 Å². The van der Waals surface area contributed by atoms with Crippen LogP contribution in [0, 0.1) is 6.92 Å². The zero-order chi connectivity index (χ0) is 18.0. The average molecular weight is 359 g/mol. The number of fused-ring (bicyclic) bond motifs is 1. The van der Waals surface area contributed by atoms with E-state index in [1.165, 1.54) is 18.2 Å². The number of phenolic OH excluding ortho intramolecular Hbond substituents is 1. The number of hydrogen-bond acceptors (Lipinski definition) is 6. The van der Waals surface area contributed by atoms with Gasteiger partial charge in [0.25, 0.3) is 0 Å². The number of imidazole rings is 1. The third kappa shape index (κ3) is 3.32. The van der Waals surface area contributed by atoms with Crippen LogP contribution in [0.5, 0.6) is 5.75 Å². The van der Waals surface area contributed by atoms with Crippen LogP contribution in [-0.2, 0) is 4.74 Å². The molecule has 25 heavy (non-hydrogen) atoms. The number of carbonyl (C=O) groups is 1. The summed E-state index contributed by atoms with van der Waals surface area (Å²) in [5, 5.41) is 18.4. The minimum absolute atomic E-state index is 0.0569. The molecule has 0 bridgehead atoms. The highest BCUT2D eigenvalue weighted by Gasteiger charge is 2.21. The number of carbonyl (C=O) groups excluding carboxylic acids is 1. The van der Waals surface area contributed by atoms with Crippen molar-refractivity contribution in [3.63, 3.8) is 0 Å². The lowest BCUT2D eigenvalue weighted by Gasteiger charge is -2.01. The molecule has 0 aliphatic carbocycles. The molecule has 0 spiro atoms. The highest BCUT2D eigenvalue weighted by atomic mass is 35.5. The lowest BCUT2D eigenvalue weighted by Crippen LogP contribution is -2.05. The number of aromatic nitrogens is 2. The number of ether oxygens (including phenoxy) is 1. The van der Waals surface area contributed by atoms with Gasteiger partial charge in [-0.15, -0.1) is 10.2 Å². The summed E-state index contributed by atoms with van der Waals surface area (Å²) in [5.74, 6) is -0.442. The summed E-state index contributed by atoms with van der Waals surface area (Å²) in [6, 6.07) is 8.12. The largest absolute Gasteiger partial charge is 0.506 e. The van der Waals surface area contributed by atoms with Crippen molar-refractivity contribution >= 4 is 34.7 Å². The Morgan fingerprint density at radius 3 is 2.92 bits per heavy atom. The summed E-state index contributed by atoms with van der Waals surface area (Å²) in [4.78, 5) is 16.5. The molecule has 0 saturated heterocycles. The minimum atomic E-state index is -0.588. The Kier molecular flexibility index (Phi) is 4.67. The van der Waals surface area contributed by atoms with E-state index in [2.05, 4.69) is 15.2 Å². The number of benzene rings is 1. The summed E-state index contributed by atoms with van der Waals surface area (Å²) >= 11 is 5.91. The van der Waals surface area contributed by atoms with Crippen LogP contribution in [0.2, 0.25) is 5.02 Å². The number of rotatable bonds is 4. The summed E-state index contributed by atoms with van der Waals surface area (Å²) in [7, 11) is 0. The Labute approximate surface area is 148 Å². The number of esters is 1. The van der Waals surface area contributed by atoms with Crippen molar-refractivity contribution in [3.05, 3.63) is 52.8 Å². The summed E-state index contributed by atoms with van der Waals surface area (Å²) in [6.45, 7) is 3.81. The summed E-state index contributed by atoms with van der Waals surface area (Å²) in [5.41, 5.74) is 1.70. The van der Waals surface area contributed by atoms with Crippen molar-refractivity contribution in [2.75, 3.05) is 6.61 Å². The molecule has 7 nitrogen and oxygen atoms in total. The SMILES string of the molecule is CCOC(=O)c1nc2c(C)cccn2c1N=Nc1cc(Cl)ccc1O. The van der Waals surface area contributed by atoms with E-state index >= 15 is 0 Å². The number of aromatic hydroxyl groups is 1. The summed E-state index contributed by atoms with van der Waals surface area (Å²) < 4.78 is 6.69. The van der Waals surface area contributed by atoms with Crippen molar-refractivity contribution in [1.29, 1.82) is 0 Å². The molecule has 2 aromatic heterocycles. The predicted octanol–water partition coefficient (Wildman–Crippen LogP) is 4.59. The van der Waals surface area contributed by atoms with Crippen LogP contribution in [0.15, 0.2) is 46.8 Å². The van der Waals surface area contributed by atoms with E-state index in [-0.39, 0.29) is 29.6 Å². The maximum absolute atomic E-state index is 12.2. The third-order valence-electron chi connectivity index (χ3n) is 3.48. The Bertz CT molecular complexity index is 981. The van der Waals surface area contributed by atoms with Gasteiger partial charge in [-0.25, -0.2) is 9.78 Å². The van der Waals surface area contributed by atoms with Gasteiger partial charge in [0.05, 0.1) is 6.61 Å². The van der Waals surface area contributed by atoms with Crippen LogP contribution in [0.3, 0.4) is 0 Å². The van der Waals surface area contributed by atoms with Crippen molar-refractivity contribution in [3.8, 4) is 5.75 Å².